The van der Waals surface area contributed by atoms with Crippen LogP contribution in [0.4, 0.5) is 17.6 Å². The second-order valence-electron chi connectivity index (χ2n) is 6.66. The summed E-state index contributed by atoms with van der Waals surface area (Å²) in [6.07, 6.45) is -5.12. The van der Waals surface area contributed by atoms with Crippen LogP contribution >= 0.6 is 11.6 Å². The van der Waals surface area contributed by atoms with Crippen molar-refractivity contribution in [3.05, 3.63) is 64.4 Å². The van der Waals surface area contributed by atoms with Crippen LogP contribution in [0.2, 0.25) is 5.02 Å². The lowest BCUT2D eigenvalue weighted by atomic mass is 10.1. The third-order valence-electron chi connectivity index (χ3n) is 4.79. The van der Waals surface area contributed by atoms with Crippen molar-refractivity contribution in [3.63, 3.8) is 0 Å². The summed E-state index contributed by atoms with van der Waals surface area (Å²) in [6, 6.07) is 8.01. The Balaban J connectivity index is 1.72. The number of carbonyl (C=O) groups excluding carboxylic acids is 1. The van der Waals surface area contributed by atoms with Gasteiger partial charge < -0.3 is 4.90 Å². The van der Waals surface area contributed by atoms with E-state index in [4.69, 9.17) is 11.6 Å². The number of piperazine rings is 1. The number of benzene rings is 2. The van der Waals surface area contributed by atoms with Crippen LogP contribution in [0.3, 0.4) is 0 Å². The minimum absolute atomic E-state index is 0.0294. The number of halogens is 5. The summed E-state index contributed by atoms with van der Waals surface area (Å²) < 4.78 is 80.0. The zero-order valence-electron chi connectivity index (χ0n) is 15.5. The molecule has 0 atom stereocenters. The van der Waals surface area contributed by atoms with Crippen molar-refractivity contribution in [2.75, 3.05) is 26.2 Å². The molecule has 162 valence electrons. The molecule has 5 nitrogen and oxygen atoms in total. The summed E-state index contributed by atoms with van der Waals surface area (Å²) in [5.41, 5.74) is -1.20. The Kier molecular flexibility index (Phi) is 6.40. The van der Waals surface area contributed by atoms with E-state index in [-0.39, 0.29) is 43.2 Å². The monoisotopic (exact) mass is 464 g/mol. The van der Waals surface area contributed by atoms with Crippen molar-refractivity contribution < 1.29 is 30.8 Å². The van der Waals surface area contributed by atoms with Crippen LogP contribution in [0.5, 0.6) is 0 Å². The van der Waals surface area contributed by atoms with Crippen molar-refractivity contribution in [3.8, 4) is 0 Å². The minimum Gasteiger partial charge on any atom is -0.340 e. The highest BCUT2D eigenvalue weighted by molar-refractivity contribution is 7.89. The molecule has 0 aromatic heterocycles. The second-order valence-corrected chi connectivity index (χ2v) is 8.97. The Bertz CT molecular complexity index is 1030. The Labute approximate surface area is 175 Å². The van der Waals surface area contributed by atoms with Gasteiger partial charge >= 0.3 is 6.18 Å². The number of nitrogens with zero attached hydrogens (tertiary/aromatic N) is 2. The number of carbonyl (C=O) groups is 1. The normalized spacial score (nSPS) is 16.0. The molecule has 0 spiro atoms. The summed E-state index contributed by atoms with van der Waals surface area (Å²) in [5.74, 6) is -1.07. The molecule has 1 aliphatic rings. The van der Waals surface area contributed by atoms with Gasteiger partial charge in [0, 0.05) is 36.8 Å². The topological polar surface area (TPSA) is 57.7 Å². The highest BCUT2D eigenvalue weighted by Gasteiger charge is 2.39. The van der Waals surface area contributed by atoms with Crippen LogP contribution in [-0.4, -0.2) is 49.7 Å². The van der Waals surface area contributed by atoms with E-state index in [9.17, 15) is 30.8 Å². The molecule has 0 bridgehead atoms. The van der Waals surface area contributed by atoms with E-state index in [1.165, 1.54) is 29.2 Å². The third kappa shape index (κ3) is 4.60. The maximum Gasteiger partial charge on any atom is 0.417 e. The molecule has 1 heterocycles. The van der Waals surface area contributed by atoms with Crippen molar-refractivity contribution in [2.24, 2.45) is 0 Å². The van der Waals surface area contributed by atoms with E-state index in [1.54, 1.807) is 0 Å². The summed E-state index contributed by atoms with van der Waals surface area (Å²) in [6.45, 7) is -0.410. The molecular weight excluding hydrogens is 448 g/mol. The van der Waals surface area contributed by atoms with E-state index in [0.717, 1.165) is 16.4 Å². The molecule has 0 saturated carbocycles. The Morgan fingerprint density at radius 2 is 1.63 bits per heavy atom. The second kappa shape index (κ2) is 8.52. The van der Waals surface area contributed by atoms with Gasteiger partial charge in [-0.25, -0.2) is 12.8 Å². The van der Waals surface area contributed by atoms with Crippen LogP contribution in [-0.2, 0) is 27.4 Å². The largest absolute Gasteiger partial charge is 0.417 e. The van der Waals surface area contributed by atoms with E-state index in [1.807, 2.05) is 0 Å². The number of sulfonamides is 1. The molecule has 0 aliphatic carbocycles. The van der Waals surface area contributed by atoms with Gasteiger partial charge in [0.05, 0.1) is 16.9 Å². The first-order valence-electron chi connectivity index (χ1n) is 8.89. The fourth-order valence-electron chi connectivity index (χ4n) is 3.21. The fourth-order valence-corrected chi connectivity index (χ4v) is 5.07. The van der Waals surface area contributed by atoms with Gasteiger partial charge in [-0.2, -0.15) is 17.5 Å². The zero-order valence-corrected chi connectivity index (χ0v) is 17.1. The quantitative estimate of drug-likeness (QED) is 0.650. The van der Waals surface area contributed by atoms with E-state index < -0.39 is 38.4 Å². The van der Waals surface area contributed by atoms with Crippen molar-refractivity contribution in [1.29, 1.82) is 0 Å². The fraction of sp³-hybridized carbons (Fsp3) is 0.316. The molecule has 0 N–H and O–H groups in total. The van der Waals surface area contributed by atoms with E-state index in [2.05, 4.69) is 0 Å². The number of amides is 1. The van der Waals surface area contributed by atoms with Crippen LogP contribution in [0.25, 0.3) is 0 Å². The van der Waals surface area contributed by atoms with Gasteiger partial charge in [-0.1, -0.05) is 29.8 Å². The molecule has 0 unspecified atom stereocenters. The standard InChI is InChI=1S/C19H17ClF4N2O3S/c20-15-5-3-6-16(21)13(15)12-18(27)25-8-10-26(11-9-25)30(28,29)17-7-2-1-4-14(17)19(22,23)24/h1-7H,8-12H2. The maximum atomic E-state index is 13.9. The number of hydrogen-bond acceptors (Lipinski definition) is 3. The molecule has 11 heteroatoms. The Hall–Kier alpha value is -2.17. The Morgan fingerprint density at radius 1 is 1.00 bits per heavy atom. The van der Waals surface area contributed by atoms with Crippen LogP contribution in [0, 0.1) is 5.82 Å². The highest BCUT2D eigenvalue weighted by Crippen LogP contribution is 2.35. The van der Waals surface area contributed by atoms with E-state index >= 15 is 0 Å². The van der Waals surface area contributed by atoms with Gasteiger partial charge in [0.25, 0.3) is 0 Å². The average Bonchev–Trinajstić information content (AvgIpc) is 2.70. The molecular formula is C19H17ClF4N2O3S. The molecule has 0 radical (unpaired) electrons. The maximum absolute atomic E-state index is 13.9. The highest BCUT2D eigenvalue weighted by atomic mass is 35.5. The number of hydrogen-bond donors (Lipinski definition) is 0. The first-order valence-corrected chi connectivity index (χ1v) is 10.7. The predicted octanol–water partition coefficient (Wildman–Crippen LogP) is 3.57. The smallest absolute Gasteiger partial charge is 0.340 e. The zero-order chi connectivity index (χ0) is 22.1. The van der Waals surface area contributed by atoms with Crippen molar-refractivity contribution >= 4 is 27.5 Å². The lowest BCUT2D eigenvalue weighted by molar-refractivity contribution is -0.139. The first kappa shape index (κ1) is 22.5. The van der Waals surface area contributed by atoms with Crippen LogP contribution < -0.4 is 0 Å². The summed E-state index contributed by atoms with van der Waals surface area (Å²) >= 11 is 5.92. The van der Waals surface area contributed by atoms with Crippen molar-refractivity contribution in [1.82, 2.24) is 9.21 Å². The van der Waals surface area contributed by atoms with Gasteiger partial charge in [0.2, 0.25) is 15.9 Å². The molecule has 3 rings (SSSR count). The summed E-state index contributed by atoms with van der Waals surface area (Å²) in [4.78, 5) is 13.0. The van der Waals surface area contributed by atoms with Gasteiger partial charge in [0.15, 0.2) is 0 Å². The number of alkyl halides is 3. The Morgan fingerprint density at radius 3 is 2.23 bits per heavy atom. The minimum atomic E-state index is -4.82. The molecule has 1 saturated heterocycles. The summed E-state index contributed by atoms with van der Waals surface area (Å²) in [5, 5.41) is 0.105. The molecule has 1 fully saturated rings. The van der Waals surface area contributed by atoms with Crippen molar-refractivity contribution in [2.45, 2.75) is 17.5 Å². The first-order chi connectivity index (χ1) is 14.0. The van der Waals surface area contributed by atoms with E-state index in [0.29, 0.717) is 6.07 Å². The van der Waals surface area contributed by atoms with Gasteiger partial charge in [-0.3, -0.25) is 4.79 Å². The lowest BCUT2D eigenvalue weighted by Crippen LogP contribution is -2.51. The average molecular weight is 465 g/mol. The van der Waals surface area contributed by atoms with Crippen LogP contribution in [0.1, 0.15) is 11.1 Å². The SMILES string of the molecule is O=C(Cc1c(F)cccc1Cl)N1CCN(S(=O)(=O)c2ccccc2C(F)(F)F)CC1. The molecule has 30 heavy (non-hydrogen) atoms. The predicted molar refractivity (Wildman–Crippen MR) is 102 cm³/mol. The molecule has 2 aromatic carbocycles. The van der Waals surface area contributed by atoms with Crippen LogP contribution in [0.15, 0.2) is 47.4 Å². The summed E-state index contributed by atoms with van der Waals surface area (Å²) in [7, 11) is -4.40. The number of rotatable bonds is 4. The van der Waals surface area contributed by atoms with Gasteiger partial charge in [-0.05, 0) is 24.3 Å². The molecule has 1 aliphatic heterocycles. The lowest BCUT2D eigenvalue weighted by Gasteiger charge is -2.34. The third-order valence-corrected chi connectivity index (χ3v) is 7.10. The molecule has 1 amide bonds. The molecule has 2 aromatic rings. The van der Waals surface area contributed by atoms with Gasteiger partial charge in [0.1, 0.15) is 5.82 Å². The van der Waals surface area contributed by atoms with Gasteiger partial charge in [-0.15, -0.1) is 0 Å².